The fourth-order valence-electron chi connectivity index (χ4n) is 1.57. The van der Waals surface area contributed by atoms with E-state index < -0.39 is 11.6 Å². The highest BCUT2D eigenvalue weighted by Gasteiger charge is 2.28. The molecule has 0 fully saturated rings. The summed E-state index contributed by atoms with van der Waals surface area (Å²) in [5.74, 6) is -1.52. The first-order chi connectivity index (χ1) is 8.33. The number of carbonyl (C=O) groups is 1. The Balaban J connectivity index is 2.41. The van der Waals surface area contributed by atoms with Crippen molar-refractivity contribution in [1.82, 2.24) is 5.32 Å². The normalized spacial score (nSPS) is 14.2. The van der Waals surface area contributed by atoms with Crippen LogP contribution in [0.2, 0.25) is 0 Å². The third-order valence-electron chi connectivity index (χ3n) is 2.81. The van der Waals surface area contributed by atoms with Crippen LogP contribution in [-0.2, 0) is 11.2 Å². The number of aliphatic carboxylic acids is 1. The van der Waals surface area contributed by atoms with Gasteiger partial charge in [0.1, 0.15) is 5.82 Å². The van der Waals surface area contributed by atoms with Crippen LogP contribution in [0, 0.1) is 12.7 Å². The van der Waals surface area contributed by atoms with Crippen LogP contribution in [0.4, 0.5) is 4.39 Å². The van der Waals surface area contributed by atoms with Gasteiger partial charge in [-0.05, 0) is 50.1 Å². The van der Waals surface area contributed by atoms with Gasteiger partial charge < -0.3 is 15.5 Å². The van der Waals surface area contributed by atoms with Crippen LogP contribution < -0.4 is 5.32 Å². The van der Waals surface area contributed by atoms with Gasteiger partial charge >= 0.3 is 5.97 Å². The Morgan fingerprint density at radius 2 is 2.17 bits per heavy atom. The Morgan fingerprint density at radius 3 is 2.72 bits per heavy atom. The first-order valence-electron chi connectivity index (χ1n) is 5.74. The molecule has 0 heterocycles. The minimum absolute atomic E-state index is 0.0252. The van der Waals surface area contributed by atoms with Crippen LogP contribution in [0.15, 0.2) is 18.2 Å². The van der Waals surface area contributed by atoms with Crippen LogP contribution in [-0.4, -0.2) is 34.9 Å². The summed E-state index contributed by atoms with van der Waals surface area (Å²) in [6.45, 7) is 3.57. The molecule has 0 radical (unpaired) electrons. The minimum atomic E-state index is -1.77. The van der Waals surface area contributed by atoms with E-state index in [0.717, 1.165) is 11.1 Å². The molecule has 1 aromatic rings. The van der Waals surface area contributed by atoms with Gasteiger partial charge in [-0.2, -0.15) is 0 Å². The zero-order valence-electron chi connectivity index (χ0n) is 10.5. The molecular formula is C13H18FNO3. The lowest BCUT2D eigenvalue weighted by Crippen LogP contribution is -2.45. The highest BCUT2D eigenvalue weighted by molar-refractivity contribution is 5.76. The van der Waals surface area contributed by atoms with Gasteiger partial charge in [-0.3, -0.25) is 0 Å². The van der Waals surface area contributed by atoms with Crippen LogP contribution in [0.25, 0.3) is 0 Å². The maximum Gasteiger partial charge on any atom is 0.336 e. The van der Waals surface area contributed by atoms with E-state index in [1.54, 1.807) is 6.07 Å². The molecule has 5 heteroatoms. The quantitative estimate of drug-likeness (QED) is 0.666. The summed E-state index contributed by atoms with van der Waals surface area (Å²) in [7, 11) is 0. The second kappa shape index (κ2) is 5.93. The van der Waals surface area contributed by atoms with Crippen molar-refractivity contribution in [3.05, 3.63) is 35.1 Å². The predicted molar refractivity (Wildman–Crippen MR) is 66.0 cm³/mol. The smallest absolute Gasteiger partial charge is 0.336 e. The number of nitrogens with one attached hydrogen (secondary N) is 1. The van der Waals surface area contributed by atoms with Gasteiger partial charge in [0.15, 0.2) is 5.60 Å². The SMILES string of the molecule is Cc1cc(F)ccc1CCNCC(C)(O)C(=O)O. The van der Waals surface area contributed by atoms with Gasteiger partial charge in [0.2, 0.25) is 0 Å². The molecule has 0 bridgehead atoms. The van der Waals surface area contributed by atoms with Gasteiger partial charge in [-0.25, -0.2) is 9.18 Å². The molecule has 3 N–H and O–H groups in total. The molecule has 100 valence electrons. The summed E-state index contributed by atoms with van der Waals surface area (Å²) in [4.78, 5) is 10.6. The predicted octanol–water partition coefficient (Wildman–Crippen LogP) is 1.10. The largest absolute Gasteiger partial charge is 0.479 e. The van der Waals surface area contributed by atoms with Crippen molar-refractivity contribution in [3.8, 4) is 0 Å². The molecule has 0 saturated heterocycles. The maximum atomic E-state index is 12.9. The second-order valence-electron chi connectivity index (χ2n) is 4.58. The van der Waals surface area contributed by atoms with Crippen molar-refractivity contribution in [2.24, 2.45) is 0 Å². The van der Waals surface area contributed by atoms with Gasteiger partial charge in [0.05, 0.1) is 0 Å². The van der Waals surface area contributed by atoms with Crippen LogP contribution in [0.5, 0.6) is 0 Å². The molecule has 0 spiro atoms. The summed E-state index contributed by atoms with van der Waals surface area (Å²) in [5.41, 5.74) is 0.0957. The third-order valence-corrected chi connectivity index (χ3v) is 2.81. The lowest BCUT2D eigenvalue weighted by molar-refractivity contribution is -0.156. The number of halogens is 1. The second-order valence-corrected chi connectivity index (χ2v) is 4.58. The highest BCUT2D eigenvalue weighted by atomic mass is 19.1. The van der Waals surface area contributed by atoms with Crippen molar-refractivity contribution in [3.63, 3.8) is 0 Å². The van der Waals surface area contributed by atoms with Crippen molar-refractivity contribution in [2.45, 2.75) is 25.9 Å². The average molecular weight is 255 g/mol. The molecular weight excluding hydrogens is 237 g/mol. The van der Waals surface area contributed by atoms with Crippen molar-refractivity contribution < 1.29 is 19.4 Å². The zero-order valence-corrected chi connectivity index (χ0v) is 10.5. The molecule has 4 nitrogen and oxygen atoms in total. The summed E-state index contributed by atoms with van der Waals surface area (Å²) in [6, 6.07) is 4.57. The molecule has 0 amide bonds. The van der Waals surface area contributed by atoms with Crippen molar-refractivity contribution in [1.29, 1.82) is 0 Å². The van der Waals surface area contributed by atoms with E-state index in [9.17, 15) is 14.3 Å². The van der Waals surface area contributed by atoms with Crippen LogP contribution in [0.3, 0.4) is 0 Å². The topological polar surface area (TPSA) is 69.6 Å². The van der Waals surface area contributed by atoms with E-state index in [1.165, 1.54) is 19.1 Å². The molecule has 1 rings (SSSR count). The van der Waals surface area contributed by atoms with Crippen LogP contribution in [0.1, 0.15) is 18.1 Å². The number of carboxylic acids is 1. The lowest BCUT2D eigenvalue weighted by atomic mass is 10.0. The Labute approximate surface area is 105 Å². The zero-order chi connectivity index (χ0) is 13.8. The highest BCUT2D eigenvalue weighted by Crippen LogP contribution is 2.10. The molecule has 1 unspecified atom stereocenters. The summed E-state index contributed by atoms with van der Waals surface area (Å²) >= 11 is 0. The first kappa shape index (κ1) is 14.6. The van der Waals surface area contributed by atoms with Gasteiger partial charge in [0, 0.05) is 6.54 Å². The molecule has 0 aliphatic heterocycles. The molecule has 1 aromatic carbocycles. The summed E-state index contributed by atoms with van der Waals surface area (Å²) in [6.07, 6.45) is 0.655. The number of aryl methyl sites for hydroxylation is 1. The van der Waals surface area contributed by atoms with E-state index >= 15 is 0 Å². The van der Waals surface area contributed by atoms with Gasteiger partial charge in [-0.1, -0.05) is 6.07 Å². The fraction of sp³-hybridized carbons (Fsp3) is 0.462. The molecule has 0 aliphatic rings. The lowest BCUT2D eigenvalue weighted by Gasteiger charge is -2.18. The molecule has 0 saturated carbocycles. The number of carboxylic acid groups (broad SMARTS) is 1. The number of hydrogen-bond acceptors (Lipinski definition) is 3. The summed E-state index contributed by atoms with van der Waals surface area (Å²) < 4.78 is 12.9. The Kier molecular flexibility index (Phi) is 4.81. The number of hydrogen-bond donors (Lipinski definition) is 3. The standard InChI is InChI=1S/C13H18FNO3/c1-9-7-11(14)4-3-10(9)5-6-15-8-13(2,18)12(16)17/h3-4,7,15,18H,5-6,8H2,1-2H3,(H,16,17). The van der Waals surface area contributed by atoms with E-state index in [0.29, 0.717) is 13.0 Å². The Hall–Kier alpha value is -1.46. The molecule has 1 atom stereocenters. The van der Waals surface area contributed by atoms with E-state index in [2.05, 4.69) is 5.32 Å². The molecule has 0 aromatic heterocycles. The average Bonchev–Trinajstić information content (AvgIpc) is 2.26. The third kappa shape index (κ3) is 4.09. The van der Waals surface area contributed by atoms with E-state index in [4.69, 9.17) is 5.11 Å². The van der Waals surface area contributed by atoms with Gasteiger partial charge in [0.25, 0.3) is 0 Å². The van der Waals surface area contributed by atoms with Crippen molar-refractivity contribution >= 4 is 5.97 Å². The number of rotatable bonds is 6. The number of benzene rings is 1. The van der Waals surface area contributed by atoms with Crippen LogP contribution >= 0.6 is 0 Å². The number of aliphatic hydroxyl groups is 1. The Bertz CT molecular complexity index is 432. The van der Waals surface area contributed by atoms with Crippen molar-refractivity contribution in [2.75, 3.05) is 13.1 Å². The maximum absolute atomic E-state index is 12.9. The first-order valence-corrected chi connectivity index (χ1v) is 5.74. The monoisotopic (exact) mass is 255 g/mol. The van der Waals surface area contributed by atoms with Gasteiger partial charge in [-0.15, -0.1) is 0 Å². The van der Waals surface area contributed by atoms with E-state index in [-0.39, 0.29) is 12.4 Å². The fourth-order valence-corrected chi connectivity index (χ4v) is 1.57. The minimum Gasteiger partial charge on any atom is -0.479 e. The Morgan fingerprint density at radius 1 is 1.50 bits per heavy atom. The summed E-state index contributed by atoms with van der Waals surface area (Å²) in [5, 5.41) is 21.0. The van der Waals surface area contributed by atoms with E-state index in [1.807, 2.05) is 6.92 Å². The molecule has 0 aliphatic carbocycles. The molecule has 18 heavy (non-hydrogen) atoms.